The number of Topliss-reactive ketones (excluding diaryl/α,β-unsaturated/α-hetero) is 1. The van der Waals surface area contributed by atoms with Crippen LogP contribution in [0.5, 0.6) is 5.75 Å². The zero-order valence-electron chi connectivity index (χ0n) is 10.1. The number of hydrogen-bond acceptors (Lipinski definition) is 4. The van der Waals surface area contributed by atoms with Crippen molar-refractivity contribution in [3.8, 4) is 5.75 Å². The van der Waals surface area contributed by atoms with E-state index in [9.17, 15) is 14.4 Å². The van der Waals surface area contributed by atoms with Crippen LogP contribution in [-0.4, -0.2) is 23.8 Å². The quantitative estimate of drug-likeness (QED) is 0.774. The lowest BCUT2D eigenvalue weighted by atomic mass is 10.1. The minimum Gasteiger partial charge on any atom is -0.481 e. The van der Waals surface area contributed by atoms with E-state index in [1.165, 1.54) is 13.8 Å². The summed E-state index contributed by atoms with van der Waals surface area (Å²) in [6.45, 7) is 2.94. The molecule has 3 N–H and O–H groups in total. The largest absolute Gasteiger partial charge is 0.481 e. The van der Waals surface area contributed by atoms with Crippen molar-refractivity contribution in [1.29, 1.82) is 0 Å². The summed E-state index contributed by atoms with van der Waals surface area (Å²) in [5.41, 5.74) is 5.37. The van der Waals surface area contributed by atoms with Gasteiger partial charge in [0.2, 0.25) is 0 Å². The predicted molar refractivity (Wildman–Crippen MR) is 64.3 cm³/mol. The normalized spacial score (nSPS) is 11.4. The summed E-state index contributed by atoms with van der Waals surface area (Å²) in [4.78, 5) is 32.9. The van der Waals surface area contributed by atoms with E-state index in [1.54, 1.807) is 24.3 Å². The lowest BCUT2D eigenvalue weighted by molar-refractivity contribution is -0.126. The van der Waals surface area contributed by atoms with Gasteiger partial charge in [0.1, 0.15) is 5.75 Å². The van der Waals surface area contributed by atoms with Crippen LogP contribution in [0.2, 0.25) is 0 Å². The minimum atomic E-state index is -0.928. The number of urea groups is 1. The first kappa shape index (κ1) is 13.7. The van der Waals surface area contributed by atoms with Crippen LogP contribution < -0.4 is 15.8 Å². The Hall–Kier alpha value is -2.37. The second-order valence-electron chi connectivity index (χ2n) is 3.69. The number of ketones is 1. The highest BCUT2D eigenvalue weighted by molar-refractivity contribution is 5.96. The Morgan fingerprint density at radius 2 is 1.78 bits per heavy atom. The first-order valence-electron chi connectivity index (χ1n) is 5.28. The van der Waals surface area contributed by atoms with Crippen LogP contribution in [0.1, 0.15) is 24.2 Å². The molecule has 1 atom stereocenters. The molecule has 96 valence electrons. The average molecular weight is 250 g/mol. The third-order valence-electron chi connectivity index (χ3n) is 2.19. The van der Waals surface area contributed by atoms with Gasteiger partial charge in [0.25, 0.3) is 5.91 Å². The van der Waals surface area contributed by atoms with E-state index in [0.29, 0.717) is 11.3 Å². The zero-order valence-corrected chi connectivity index (χ0v) is 10.1. The molecule has 6 nitrogen and oxygen atoms in total. The monoisotopic (exact) mass is 250 g/mol. The number of nitrogens with one attached hydrogen (secondary N) is 1. The molecular weight excluding hydrogens is 236 g/mol. The van der Waals surface area contributed by atoms with E-state index in [1.807, 2.05) is 5.32 Å². The lowest BCUT2D eigenvalue weighted by Crippen LogP contribution is -2.42. The van der Waals surface area contributed by atoms with Gasteiger partial charge in [-0.05, 0) is 38.1 Å². The van der Waals surface area contributed by atoms with E-state index in [2.05, 4.69) is 0 Å². The number of nitrogens with two attached hydrogens (primary N) is 1. The summed E-state index contributed by atoms with van der Waals surface area (Å²) < 4.78 is 5.28. The summed E-state index contributed by atoms with van der Waals surface area (Å²) in [7, 11) is 0. The fourth-order valence-electron chi connectivity index (χ4n) is 1.25. The van der Waals surface area contributed by atoms with Crippen LogP contribution in [0.3, 0.4) is 0 Å². The smallest absolute Gasteiger partial charge is 0.318 e. The molecule has 1 aromatic rings. The van der Waals surface area contributed by atoms with Gasteiger partial charge in [0.15, 0.2) is 11.9 Å². The van der Waals surface area contributed by atoms with E-state index >= 15 is 0 Å². The van der Waals surface area contributed by atoms with Gasteiger partial charge in [-0.1, -0.05) is 0 Å². The summed E-state index contributed by atoms with van der Waals surface area (Å²) in [5, 5.41) is 1.91. The molecule has 0 fully saturated rings. The molecule has 0 aliphatic carbocycles. The van der Waals surface area contributed by atoms with Crippen LogP contribution in [0.15, 0.2) is 24.3 Å². The maximum Gasteiger partial charge on any atom is 0.318 e. The number of carbonyl (C=O) groups excluding carboxylic acids is 3. The molecule has 0 aliphatic heterocycles. The van der Waals surface area contributed by atoms with Gasteiger partial charge in [-0.25, -0.2) is 4.79 Å². The average Bonchev–Trinajstić information content (AvgIpc) is 2.28. The first-order valence-corrected chi connectivity index (χ1v) is 5.28. The van der Waals surface area contributed by atoms with Crippen LogP contribution in [0.25, 0.3) is 0 Å². The van der Waals surface area contributed by atoms with Crippen molar-refractivity contribution >= 4 is 17.7 Å². The maximum atomic E-state index is 11.3. The third-order valence-corrected chi connectivity index (χ3v) is 2.19. The Kier molecular flexibility index (Phi) is 4.42. The number of ether oxygens (including phenoxy) is 1. The molecule has 0 heterocycles. The number of hydrogen-bond donors (Lipinski definition) is 2. The molecule has 0 radical (unpaired) electrons. The van der Waals surface area contributed by atoms with Crippen molar-refractivity contribution in [2.75, 3.05) is 0 Å². The molecule has 0 saturated carbocycles. The molecular formula is C12H14N2O4. The number of imide groups is 1. The van der Waals surface area contributed by atoms with Gasteiger partial charge >= 0.3 is 6.03 Å². The Balaban J connectivity index is 2.64. The van der Waals surface area contributed by atoms with Crippen LogP contribution >= 0.6 is 0 Å². The van der Waals surface area contributed by atoms with Crippen molar-refractivity contribution in [3.05, 3.63) is 29.8 Å². The highest BCUT2D eigenvalue weighted by atomic mass is 16.5. The van der Waals surface area contributed by atoms with Crippen LogP contribution in [0, 0.1) is 0 Å². The third kappa shape index (κ3) is 3.89. The number of amides is 3. The van der Waals surface area contributed by atoms with E-state index in [4.69, 9.17) is 10.5 Å². The van der Waals surface area contributed by atoms with Crippen LogP contribution in [0.4, 0.5) is 4.79 Å². The number of primary amides is 1. The summed E-state index contributed by atoms with van der Waals surface area (Å²) in [6.07, 6.45) is -0.860. The molecule has 1 unspecified atom stereocenters. The van der Waals surface area contributed by atoms with Crippen molar-refractivity contribution in [2.24, 2.45) is 5.73 Å². The molecule has 1 rings (SSSR count). The Bertz CT molecular complexity index is 467. The highest BCUT2D eigenvalue weighted by Crippen LogP contribution is 2.14. The molecule has 0 bridgehead atoms. The molecule has 0 spiro atoms. The zero-order chi connectivity index (χ0) is 13.7. The highest BCUT2D eigenvalue weighted by Gasteiger charge is 2.16. The molecule has 0 aliphatic rings. The van der Waals surface area contributed by atoms with E-state index < -0.39 is 18.0 Å². The van der Waals surface area contributed by atoms with Crippen molar-refractivity contribution in [2.45, 2.75) is 20.0 Å². The van der Waals surface area contributed by atoms with Gasteiger partial charge in [-0.15, -0.1) is 0 Å². The van der Waals surface area contributed by atoms with E-state index in [0.717, 1.165) is 0 Å². The second kappa shape index (κ2) is 5.81. The molecule has 6 heteroatoms. The Morgan fingerprint density at radius 1 is 1.22 bits per heavy atom. The topological polar surface area (TPSA) is 98.5 Å². The van der Waals surface area contributed by atoms with Crippen molar-refractivity contribution in [3.63, 3.8) is 0 Å². The molecule has 3 amide bonds. The number of carbonyl (C=O) groups is 3. The standard InChI is InChI=1S/C12H14N2O4/c1-7(15)9-3-5-10(6-4-9)18-8(2)11(16)14-12(13)17/h3-6,8H,1-2H3,(H3,13,14,16,17). The SMILES string of the molecule is CC(=O)c1ccc(OC(C)C(=O)NC(N)=O)cc1. The first-order chi connectivity index (χ1) is 8.40. The second-order valence-corrected chi connectivity index (χ2v) is 3.69. The van der Waals surface area contributed by atoms with Crippen molar-refractivity contribution in [1.82, 2.24) is 5.32 Å². The summed E-state index contributed by atoms with van der Waals surface area (Å²) in [5.74, 6) is -0.258. The number of rotatable bonds is 4. The van der Waals surface area contributed by atoms with Gasteiger partial charge in [0, 0.05) is 5.56 Å². The molecule has 1 aromatic carbocycles. The van der Waals surface area contributed by atoms with Gasteiger partial charge in [0.05, 0.1) is 0 Å². The van der Waals surface area contributed by atoms with Crippen molar-refractivity contribution < 1.29 is 19.1 Å². The number of benzene rings is 1. The fourth-order valence-corrected chi connectivity index (χ4v) is 1.25. The Morgan fingerprint density at radius 3 is 2.22 bits per heavy atom. The summed E-state index contributed by atoms with van der Waals surface area (Å²) in [6, 6.07) is 5.41. The predicted octanol–water partition coefficient (Wildman–Crippen LogP) is 0.851. The van der Waals surface area contributed by atoms with E-state index in [-0.39, 0.29) is 5.78 Å². The fraction of sp³-hybridized carbons (Fsp3) is 0.250. The summed E-state index contributed by atoms with van der Waals surface area (Å²) >= 11 is 0. The maximum absolute atomic E-state index is 11.3. The van der Waals surface area contributed by atoms with Gasteiger partial charge < -0.3 is 10.5 Å². The van der Waals surface area contributed by atoms with Gasteiger partial charge in [-0.3, -0.25) is 14.9 Å². The Labute approximate surface area is 104 Å². The molecule has 0 aromatic heterocycles. The molecule has 0 saturated heterocycles. The van der Waals surface area contributed by atoms with Crippen LogP contribution in [-0.2, 0) is 4.79 Å². The lowest BCUT2D eigenvalue weighted by Gasteiger charge is -2.13. The minimum absolute atomic E-state index is 0.0546. The molecule has 18 heavy (non-hydrogen) atoms. The van der Waals surface area contributed by atoms with Gasteiger partial charge in [-0.2, -0.15) is 0 Å².